The van der Waals surface area contributed by atoms with Crippen LogP contribution in [0.25, 0.3) is 32.9 Å². The summed E-state index contributed by atoms with van der Waals surface area (Å²) in [5.41, 5.74) is 0.250. The number of halogens is 3. The second-order valence-electron chi connectivity index (χ2n) is 12.2. The fourth-order valence-electron chi connectivity index (χ4n) is 7.34. The van der Waals surface area contributed by atoms with Crippen LogP contribution in [0, 0.1) is 11.6 Å². The Kier molecular flexibility index (Phi) is 7.70. The van der Waals surface area contributed by atoms with E-state index < -0.39 is 23.3 Å². The van der Waals surface area contributed by atoms with Gasteiger partial charge < -0.3 is 19.5 Å². The van der Waals surface area contributed by atoms with Crippen molar-refractivity contribution < 1.29 is 27.8 Å². The number of hydrogen-bond acceptors (Lipinski definition) is 8. The first kappa shape index (κ1) is 29.0. The summed E-state index contributed by atoms with van der Waals surface area (Å²) in [5, 5.41) is 12.0. The molecule has 0 aliphatic carbocycles. The molecular weight excluding hydrogens is 571 g/mol. The maximum absolute atomic E-state index is 16.7. The summed E-state index contributed by atoms with van der Waals surface area (Å²) in [6, 6.07) is 5.89. The number of pyridine rings is 1. The van der Waals surface area contributed by atoms with Gasteiger partial charge in [0.15, 0.2) is 5.82 Å². The van der Waals surface area contributed by atoms with Crippen LogP contribution in [-0.2, 0) is 11.2 Å². The van der Waals surface area contributed by atoms with Gasteiger partial charge in [-0.05, 0) is 73.2 Å². The molecule has 0 amide bonds. The first-order valence-corrected chi connectivity index (χ1v) is 15.5. The Bertz CT molecular complexity index is 1710. The number of rotatable bonds is 6. The molecule has 3 saturated heterocycles. The molecule has 2 atom stereocenters. The minimum absolute atomic E-state index is 0.0199. The van der Waals surface area contributed by atoms with Crippen LogP contribution in [0.2, 0.25) is 0 Å². The van der Waals surface area contributed by atoms with Crippen LogP contribution in [0.1, 0.15) is 44.6 Å². The molecule has 3 aliphatic heterocycles. The summed E-state index contributed by atoms with van der Waals surface area (Å²) in [4.78, 5) is 18.1. The molecule has 5 heterocycles. The Morgan fingerprint density at radius 2 is 1.91 bits per heavy atom. The van der Waals surface area contributed by atoms with Gasteiger partial charge in [0.1, 0.15) is 41.4 Å². The van der Waals surface area contributed by atoms with Gasteiger partial charge in [-0.1, -0.05) is 13.0 Å². The average molecular weight is 608 g/mol. The first-order valence-electron chi connectivity index (χ1n) is 15.5. The molecule has 1 N–H and O–H groups in total. The zero-order valence-electron chi connectivity index (χ0n) is 24.8. The Labute approximate surface area is 253 Å². The largest absolute Gasteiger partial charge is 0.508 e. The lowest BCUT2D eigenvalue weighted by atomic mass is 9.94. The van der Waals surface area contributed by atoms with E-state index in [9.17, 15) is 13.9 Å². The molecule has 232 valence electrons. The van der Waals surface area contributed by atoms with Crippen LogP contribution in [-0.4, -0.2) is 82.7 Å². The minimum Gasteiger partial charge on any atom is -0.508 e. The molecule has 0 saturated carbocycles. The summed E-state index contributed by atoms with van der Waals surface area (Å²) in [7, 11) is 0. The summed E-state index contributed by atoms with van der Waals surface area (Å²) >= 11 is 0. The molecule has 0 radical (unpaired) electrons. The molecule has 3 aliphatic rings. The van der Waals surface area contributed by atoms with Crippen LogP contribution in [0.15, 0.2) is 30.5 Å². The van der Waals surface area contributed by atoms with Gasteiger partial charge in [-0.2, -0.15) is 9.97 Å². The van der Waals surface area contributed by atoms with Gasteiger partial charge in [0.05, 0.1) is 10.9 Å². The number of ether oxygens (including phenoxy) is 2. The van der Waals surface area contributed by atoms with E-state index in [4.69, 9.17) is 14.5 Å². The van der Waals surface area contributed by atoms with E-state index >= 15 is 4.39 Å². The summed E-state index contributed by atoms with van der Waals surface area (Å²) < 4.78 is 58.0. The van der Waals surface area contributed by atoms with Crippen LogP contribution >= 0.6 is 0 Å². The number of phenols is 1. The predicted molar refractivity (Wildman–Crippen MR) is 162 cm³/mol. The molecule has 4 aromatic rings. The number of hydrogen-bond donors (Lipinski definition) is 1. The monoisotopic (exact) mass is 607 g/mol. The molecule has 8 nitrogen and oxygen atoms in total. The smallest absolute Gasteiger partial charge is 0.319 e. The molecular formula is C33H36F3N5O3. The molecule has 0 spiro atoms. The van der Waals surface area contributed by atoms with Crippen molar-refractivity contribution in [1.82, 2.24) is 19.9 Å². The van der Waals surface area contributed by atoms with E-state index in [1.54, 1.807) is 12.3 Å². The van der Waals surface area contributed by atoms with Crippen LogP contribution in [0.4, 0.5) is 19.0 Å². The number of benzene rings is 2. The molecule has 11 heteroatoms. The summed E-state index contributed by atoms with van der Waals surface area (Å²) in [6.45, 7) is 5.78. The highest BCUT2D eigenvalue weighted by Crippen LogP contribution is 2.42. The van der Waals surface area contributed by atoms with Crippen LogP contribution in [0.5, 0.6) is 11.8 Å². The lowest BCUT2D eigenvalue weighted by Gasteiger charge is -2.31. The fourth-order valence-corrected chi connectivity index (χ4v) is 7.34. The Morgan fingerprint density at radius 3 is 2.70 bits per heavy atom. The van der Waals surface area contributed by atoms with Gasteiger partial charge in [0, 0.05) is 51.0 Å². The topological polar surface area (TPSA) is 83.8 Å². The summed E-state index contributed by atoms with van der Waals surface area (Å²) in [6.07, 6.45) is 4.74. The van der Waals surface area contributed by atoms with Gasteiger partial charge in [-0.15, -0.1) is 0 Å². The van der Waals surface area contributed by atoms with Crippen molar-refractivity contribution in [1.29, 1.82) is 0 Å². The third-order valence-corrected chi connectivity index (χ3v) is 9.37. The maximum atomic E-state index is 16.7. The van der Waals surface area contributed by atoms with Crippen LogP contribution < -0.4 is 9.64 Å². The normalized spacial score (nSPS) is 22.8. The van der Waals surface area contributed by atoms with Crippen molar-refractivity contribution in [3.05, 3.63) is 47.7 Å². The number of fused-ring (bicyclic) bond motifs is 3. The first-order chi connectivity index (χ1) is 21.4. The zero-order valence-corrected chi connectivity index (χ0v) is 24.8. The summed E-state index contributed by atoms with van der Waals surface area (Å²) in [5.74, 6) is -0.686. The lowest BCUT2D eigenvalue weighted by molar-refractivity contribution is 0.107. The second kappa shape index (κ2) is 11.7. The third-order valence-electron chi connectivity index (χ3n) is 9.37. The van der Waals surface area contributed by atoms with E-state index in [0.717, 1.165) is 32.2 Å². The van der Waals surface area contributed by atoms with E-state index in [0.29, 0.717) is 73.2 Å². The molecule has 0 unspecified atom stereocenters. The van der Waals surface area contributed by atoms with Crippen molar-refractivity contribution in [3.63, 3.8) is 0 Å². The predicted octanol–water partition coefficient (Wildman–Crippen LogP) is 5.96. The quantitative estimate of drug-likeness (QED) is 0.288. The molecule has 44 heavy (non-hydrogen) atoms. The van der Waals surface area contributed by atoms with E-state index in [-0.39, 0.29) is 35.1 Å². The highest BCUT2D eigenvalue weighted by molar-refractivity contribution is 6.01. The molecule has 0 bridgehead atoms. The van der Waals surface area contributed by atoms with E-state index in [1.807, 2.05) is 6.92 Å². The standard InChI is InChI=1S/C33H36F3N5O3/c1-2-23-26(35)7-6-20-14-22(42)15-24(27(20)23)29-28(36)30-25(17-37-29)31(40-9-4-12-43-13-5-10-40)39-32(38-30)44-19-33-8-3-11-41(33)18-21(34)16-33/h6-7,14-15,17,21,42H,2-5,8-13,16,18-19H2,1H3/t21-,33+/m1/s1. The third kappa shape index (κ3) is 5.09. The molecule has 3 fully saturated rings. The molecule has 2 aromatic heterocycles. The zero-order chi connectivity index (χ0) is 30.4. The van der Waals surface area contributed by atoms with Crippen molar-refractivity contribution >= 4 is 27.5 Å². The second-order valence-corrected chi connectivity index (χ2v) is 12.2. The van der Waals surface area contributed by atoms with Gasteiger partial charge in [-0.3, -0.25) is 9.88 Å². The SMILES string of the molecule is CCc1c(F)ccc2cc(O)cc(-c3ncc4c(N5CCCOCCC5)nc(OC[C@@]56CCCN5C[C@H](F)C6)nc4c3F)c12. The lowest BCUT2D eigenvalue weighted by Crippen LogP contribution is -2.43. The number of aryl methyl sites for hydroxylation is 1. The van der Waals surface area contributed by atoms with Crippen LogP contribution in [0.3, 0.4) is 0 Å². The van der Waals surface area contributed by atoms with E-state index in [2.05, 4.69) is 19.8 Å². The molecule has 2 aromatic carbocycles. The highest BCUT2D eigenvalue weighted by atomic mass is 19.1. The number of aromatic nitrogens is 3. The Balaban J connectivity index is 1.37. The minimum atomic E-state index is -0.906. The number of alkyl halides is 1. The highest BCUT2D eigenvalue weighted by Gasteiger charge is 2.49. The number of phenolic OH excluding ortho intramolecular Hbond substituents is 1. The Morgan fingerprint density at radius 1 is 1.09 bits per heavy atom. The molecule has 7 rings (SSSR count). The number of anilines is 1. The van der Waals surface area contributed by atoms with Gasteiger partial charge in [0.2, 0.25) is 0 Å². The van der Waals surface area contributed by atoms with Crippen molar-refractivity contribution in [2.24, 2.45) is 0 Å². The van der Waals surface area contributed by atoms with Crippen molar-refractivity contribution in [2.75, 3.05) is 50.9 Å². The van der Waals surface area contributed by atoms with E-state index in [1.165, 1.54) is 18.2 Å². The van der Waals surface area contributed by atoms with Crippen molar-refractivity contribution in [2.45, 2.75) is 57.2 Å². The number of nitrogens with zero attached hydrogens (tertiary/aromatic N) is 5. The Hall–Kier alpha value is -3.70. The van der Waals surface area contributed by atoms with Gasteiger partial charge >= 0.3 is 6.01 Å². The average Bonchev–Trinajstić information content (AvgIpc) is 3.51. The van der Waals surface area contributed by atoms with Gasteiger partial charge in [-0.25, -0.2) is 13.2 Å². The maximum Gasteiger partial charge on any atom is 0.319 e. The number of aromatic hydroxyl groups is 1. The van der Waals surface area contributed by atoms with Crippen molar-refractivity contribution in [3.8, 4) is 23.0 Å². The van der Waals surface area contributed by atoms with Gasteiger partial charge in [0.25, 0.3) is 0 Å². The fraction of sp³-hybridized carbons (Fsp3) is 0.485.